The Morgan fingerprint density at radius 2 is 2.38 bits per heavy atom. The van der Waals surface area contributed by atoms with Crippen molar-refractivity contribution in [2.75, 3.05) is 0 Å². The van der Waals surface area contributed by atoms with E-state index >= 15 is 0 Å². The van der Waals surface area contributed by atoms with Gasteiger partial charge in [-0.25, -0.2) is 0 Å². The third-order valence-corrected chi connectivity index (χ3v) is 1.73. The molecule has 0 radical (unpaired) electrons. The monoisotopic (exact) mass is 110 g/mol. The Hall–Kier alpha value is -0.265. The quantitative estimate of drug-likeness (QED) is 0.431. The van der Waals surface area contributed by atoms with Crippen molar-refractivity contribution in [2.45, 2.75) is 32.3 Å². The third kappa shape index (κ3) is 1.36. The van der Waals surface area contributed by atoms with E-state index in [1.54, 1.807) is 0 Å². The highest BCUT2D eigenvalue weighted by molar-refractivity contribution is 6.61. The fraction of sp³-hybridized carbons (Fsp3) is 0.833. The molecule has 0 aromatic rings. The molecule has 8 heavy (non-hydrogen) atoms. The molecule has 0 amide bonds. The molecule has 1 heterocycles. The van der Waals surface area contributed by atoms with E-state index in [1.165, 1.54) is 6.32 Å². The molecule has 0 bridgehead atoms. The van der Waals surface area contributed by atoms with E-state index in [-0.39, 0.29) is 0 Å². The van der Waals surface area contributed by atoms with Gasteiger partial charge < -0.3 is 4.79 Å². The van der Waals surface area contributed by atoms with Crippen molar-refractivity contribution in [2.24, 2.45) is 0 Å². The molecule has 1 nitrogen and oxygen atoms in total. The second-order valence-electron chi connectivity index (χ2n) is 2.74. The molecule has 2 heteroatoms. The smallest absolute Gasteiger partial charge is 0.145 e. The summed E-state index contributed by atoms with van der Waals surface area (Å²) in [5.41, 5.74) is 0. The van der Waals surface area contributed by atoms with Gasteiger partial charge in [-0.2, -0.15) is 0 Å². The van der Waals surface area contributed by atoms with Crippen LogP contribution in [0.2, 0.25) is 19.5 Å². The predicted octanol–water partition coefficient (Wildman–Crippen LogP) is 1.47. The Kier molecular flexibility index (Phi) is 1.71. The lowest BCUT2D eigenvalue weighted by Crippen LogP contribution is -2.18. The van der Waals surface area contributed by atoms with Crippen LogP contribution < -0.4 is 0 Å². The molecule has 0 unspecified atom stereocenters. The van der Waals surface area contributed by atoms with Crippen molar-refractivity contribution in [3.63, 3.8) is 0 Å². The van der Waals surface area contributed by atoms with E-state index in [9.17, 15) is 4.79 Å². The van der Waals surface area contributed by atoms with Crippen LogP contribution in [0.1, 0.15) is 12.8 Å². The van der Waals surface area contributed by atoms with Gasteiger partial charge in [0.1, 0.15) is 12.5 Å². The molecule has 0 aromatic carbocycles. The summed E-state index contributed by atoms with van der Waals surface area (Å²) in [6.07, 6.45) is 4.05. The van der Waals surface area contributed by atoms with Crippen LogP contribution in [0.15, 0.2) is 0 Å². The van der Waals surface area contributed by atoms with Gasteiger partial charge in [-0.15, -0.1) is 0 Å². The zero-order valence-electron chi connectivity index (χ0n) is 5.31. The standard InChI is InChI=1S/C6H11BO/c1-7-4-2-3-6(8)5-7/h2-5H2,1H3. The number of hydrogen-bond acceptors (Lipinski definition) is 1. The molecule has 1 aliphatic heterocycles. The second kappa shape index (κ2) is 2.34. The molecule has 0 aliphatic carbocycles. The van der Waals surface area contributed by atoms with Crippen molar-refractivity contribution in [3.8, 4) is 0 Å². The summed E-state index contributed by atoms with van der Waals surface area (Å²) in [7, 11) is 0. The Morgan fingerprint density at radius 3 is 2.75 bits per heavy atom. The molecular formula is C6H11BO. The summed E-state index contributed by atoms with van der Waals surface area (Å²) in [6, 6.07) is 0. The maximum atomic E-state index is 10.7. The van der Waals surface area contributed by atoms with Crippen molar-refractivity contribution in [1.29, 1.82) is 0 Å². The summed E-state index contributed by atoms with van der Waals surface area (Å²) in [6.45, 7) is 2.81. The number of hydrogen-bond donors (Lipinski definition) is 0. The van der Waals surface area contributed by atoms with E-state index in [4.69, 9.17) is 0 Å². The second-order valence-corrected chi connectivity index (χ2v) is 2.74. The summed E-state index contributed by atoms with van der Waals surface area (Å²) in [5.74, 6) is 0.462. The van der Waals surface area contributed by atoms with Gasteiger partial charge in [0, 0.05) is 6.42 Å². The highest BCUT2D eigenvalue weighted by atomic mass is 16.1. The van der Waals surface area contributed by atoms with Crippen LogP contribution in [0, 0.1) is 0 Å². The average Bonchev–Trinajstić information content (AvgIpc) is 1.64. The summed E-state index contributed by atoms with van der Waals surface area (Å²) in [5, 5.41) is 0. The van der Waals surface area contributed by atoms with Gasteiger partial charge in [-0.05, 0) is 6.32 Å². The van der Waals surface area contributed by atoms with Gasteiger partial charge >= 0.3 is 0 Å². The highest BCUT2D eigenvalue weighted by Crippen LogP contribution is 2.14. The largest absolute Gasteiger partial charge is 0.300 e. The minimum atomic E-state index is 0.462. The maximum absolute atomic E-state index is 10.7. The minimum absolute atomic E-state index is 0.462. The van der Waals surface area contributed by atoms with Gasteiger partial charge in [0.25, 0.3) is 0 Å². The van der Waals surface area contributed by atoms with Gasteiger partial charge in [0.2, 0.25) is 0 Å². The van der Waals surface area contributed by atoms with Crippen LogP contribution in [0.4, 0.5) is 0 Å². The van der Waals surface area contributed by atoms with E-state index < -0.39 is 0 Å². The summed E-state index contributed by atoms with van der Waals surface area (Å²) >= 11 is 0. The lowest BCUT2D eigenvalue weighted by atomic mass is 9.43. The molecule has 1 aliphatic rings. The van der Waals surface area contributed by atoms with Crippen LogP contribution in [-0.4, -0.2) is 12.5 Å². The van der Waals surface area contributed by atoms with Crippen molar-refractivity contribution >= 4 is 12.5 Å². The molecular weight excluding hydrogens is 98.9 g/mol. The van der Waals surface area contributed by atoms with E-state index in [0.29, 0.717) is 12.5 Å². The Labute approximate surface area is 50.5 Å². The zero-order chi connectivity index (χ0) is 5.98. The average molecular weight is 110 g/mol. The number of Topliss-reactive ketones (excluding diaryl/α,β-unsaturated/α-hetero) is 1. The fourth-order valence-electron chi connectivity index (χ4n) is 1.24. The zero-order valence-corrected chi connectivity index (χ0v) is 5.31. The fourth-order valence-corrected chi connectivity index (χ4v) is 1.24. The highest BCUT2D eigenvalue weighted by Gasteiger charge is 2.17. The molecule has 1 rings (SSSR count). The molecule has 44 valence electrons. The van der Waals surface area contributed by atoms with Crippen LogP contribution in [0.3, 0.4) is 0 Å². The topological polar surface area (TPSA) is 17.1 Å². The third-order valence-electron chi connectivity index (χ3n) is 1.73. The van der Waals surface area contributed by atoms with E-state index in [0.717, 1.165) is 19.2 Å². The van der Waals surface area contributed by atoms with Gasteiger partial charge in [-0.3, -0.25) is 0 Å². The van der Waals surface area contributed by atoms with E-state index in [1.807, 2.05) is 0 Å². The molecule has 0 aromatic heterocycles. The van der Waals surface area contributed by atoms with Crippen LogP contribution in [0.25, 0.3) is 0 Å². The lowest BCUT2D eigenvalue weighted by Gasteiger charge is -2.11. The number of ketones is 1. The van der Waals surface area contributed by atoms with E-state index in [2.05, 4.69) is 6.82 Å². The normalized spacial score (nSPS) is 21.6. The maximum Gasteiger partial charge on any atom is 0.145 e. The Balaban J connectivity index is 2.34. The number of rotatable bonds is 0. The molecule has 1 saturated heterocycles. The SMILES string of the molecule is CB1CCCC(=O)C1. The minimum Gasteiger partial charge on any atom is -0.300 e. The van der Waals surface area contributed by atoms with Crippen molar-refractivity contribution in [3.05, 3.63) is 0 Å². The molecule has 0 saturated carbocycles. The van der Waals surface area contributed by atoms with Crippen LogP contribution >= 0.6 is 0 Å². The summed E-state index contributed by atoms with van der Waals surface area (Å²) in [4.78, 5) is 10.7. The van der Waals surface area contributed by atoms with Crippen LogP contribution in [0.5, 0.6) is 0 Å². The molecule has 0 N–H and O–H groups in total. The Bertz CT molecular complexity index is 101. The first-order chi connectivity index (χ1) is 3.79. The first-order valence-electron chi connectivity index (χ1n) is 3.31. The van der Waals surface area contributed by atoms with Gasteiger partial charge in [0.15, 0.2) is 0 Å². The summed E-state index contributed by atoms with van der Waals surface area (Å²) < 4.78 is 0. The predicted molar refractivity (Wildman–Crippen MR) is 35.5 cm³/mol. The number of carbonyl (C=O) groups excluding carboxylic acids is 1. The molecule has 1 fully saturated rings. The number of carbonyl (C=O) groups is 1. The first-order valence-corrected chi connectivity index (χ1v) is 3.31. The lowest BCUT2D eigenvalue weighted by molar-refractivity contribution is -0.117. The van der Waals surface area contributed by atoms with Crippen LogP contribution in [-0.2, 0) is 4.79 Å². The van der Waals surface area contributed by atoms with Crippen molar-refractivity contribution < 1.29 is 4.79 Å². The van der Waals surface area contributed by atoms with Crippen molar-refractivity contribution in [1.82, 2.24) is 0 Å². The van der Waals surface area contributed by atoms with Gasteiger partial charge in [-0.1, -0.05) is 19.6 Å². The van der Waals surface area contributed by atoms with Gasteiger partial charge in [0.05, 0.1) is 0 Å². The first kappa shape index (κ1) is 5.86. The molecule has 0 atom stereocenters. The Morgan fingerprint density at radius 1 is 1.62 bits per heavy atom. The molecule has 0 spiro atoms.